The van der Waals surface area contributed by atoms with Crippen molar-refractivity contribution in [2.75, 3.05) is 4.90 Å². The molecule has 3 aromatic rings. The molecule has 1 atom stereocenters. The third-order valence-electron chi connectivity index (χ3n) is 6.59. The van der Waals surface area contributed by atoms with Crippen LogP contribution in [-0.4, -0.2) is 21.8 Å². The van der Waals surface area contributed by atoms with Gasteiger partial charge in [0.15, 0.2) is 0 Å². The molecule has 34 heavy (non-hydrogen) atoms. The lowest BCUT2D eigenvalue weighted by Crippen LogP contribution is -2.29. The summed E-state index contributed by atoms with van der Waals surface area (Å²) in [5, 5.41) is 11.5. The van der Waals surface area contributed by atoms with Gasteiger partial charge in [-0.05, 0) is 84.3 Å². The van der Waals surface area contributed by atoms with E-state index in [4.69, 9.17) is 0 Å². The Morgan fingerprint density at radius 2 is 1.53 bits per heavy atom. The van der Waals surface area contributed by atoms with Crippen molar-refractivity contribution in [3.8, 4) is 0 Å². The summed E-state index contributed by atoms with van der Waals surface area (Å²) < 4.78 is 0. The normalized spacial score (nSPS) is 17.9. The van der Waals surface area contributed by atoms with E-state index in [2.05, 4.69) is 25.8 Å². The Bertz CT molecular complexity index is 1320. The SMILES string of the molecule is Cc1ccc(N2C(=O)C(=O)/C(=C(/O)c3cc(C(C)(C)C)ccc3C)C2c2ccncc2)cc1C. The van der Waals surface area contributed by atoms with Crippen LogP contribution in [0.15, 0.2) is 66.5 Å². The number of aryl methyl sites for hydroxylation is 3. The van der Waals surface area contributed by atoms with Gasteiger partial charge in [0.25, 0.3) is 11.7 Å². The lowest BCUT2D eigenvalue weighted by molar-refractivity contribution is -0.132. The molecule has 1 aromatic heterocycles. The van der Waals surface area contributed by atoms with Crippen LogP contribution >= 0.6 is 0 Å². The molecule has 1 aliphatic rings. The first-order valence-electron chi connectivity index (χ1n) is 11.4. The number of hydrogen-bond acceptors (Lipinski definition) is 4. The maximum Gasteiger partial charge on any atom is 0.300 e. The van der Waals surface area contributed by atoms with Crippen molar-refractivity contribution in [2.45, 2.75) is 53.0 Å². The Labute approximate surface area is 200 Å². The van der Waals surface area contributed by atoms with E-state index in [-0.39, 0.29) is 16.7 Å². The van der Waals surface area contributed by atoms with Crippen LogP contribution in [0.3, 0.4) is 0 Å². The van der Waals surface area contributed by atoms with Crippen LogP contribution in [0.1, 0.15) is 60.2 Å². The zero-order valence-electron chi connectivity index (χ0n) is 20.5. The number of hydrogen-bond donors (Lipinski definition) is 1. The number of aromatic nitrogens is 1. The van der Waals surface area contributed by atoms with Gasteiger partial charge >= 0.3 is 0 Å². The molecular weight excluding hydrogens is 424 g/mol. The van der Waals surface area contributed by atoms with Gasteiger partial charge in [-0.2, -0.15) is 0 Å². The first kappa shape index (κ1) is 23.4. The fraction of sp³-hybridized carbons (Fsp3) is 0.276. The monoisotopic (exact) mass is 454 g/mol. The fourth-order valence-electron chi connectivity index (χ4n) is 4.32. The Hall–Kier alpha value is -3.73. The molecule has 5 heteroatoms. The Morgan fingerprint density at radius 3 is 2.15 bits per heavy atom. The Kier molecular flexibility index (Phi) is 5.90. The van der Waals surface area contributed by atoms with Crippen molar-refractivity contribution in [3.63, 3.8) is 0 Å². The standard InChI is InChI=1S/C29H30N2O3/c1-17-8-10-22(15-19(17)3)31-25(20-11-13-30-14-12-20)24(27(33)28(31)34)26(32)23-16-21(29(4,5)6)9-7-18(23)2/h7-16,25,32H,1-6H3/b26-24+. The summed E-state index contributed by atoms with van der Waals surface area (Å²) in [6, 6.07) is 14.3. The van der Waals surface area contributed by atoms with E-state index in [1.54, 1.807) is 24.5 Å². The van der Waals surface area contributed by atoms with E-state index in [0.29, 0.717) is 16.8 Å². The van der Waals surface area contributed by atoms with E-state index < -0.39 is 17.7 Å². The summed E-state index contributed by atoms with van der Waals surface area (Å²) in [7, 11) is 0. The molecule has 5 nitrogen and oxygen atoms in total. The number of benzene rings is 2. The number of ketones is 1. The summed E-state index contributed by atoms with van der Waals surface area (Å²) in [5.74, 6) is -1.51. The van der Waals surface area contributed by atoms with Crippen LogP contribution in [0, 0.1) is 20.8 Å². The van der Waals surface area contributed by atoms with Crippen LogP contribution in [0.25, 0.3) is 5.76 Å². The molecule has 1 aliphatic heterocycles. The summed E-state index contributed by atoms with van der Waals surface area (Å²) in [5.41, 5.74) is 5.80. The second kappa shape index (κ2) is 8.56. The summed E-state index contributed by atoms with van der Waals surface area (Å²) >= 11 is 0. The van der Waals surface area contributed by atoms with Crippen LogP contribution in [0.5, 0.6) is 0 Å². The van der Waals surface area contributed by atoms with E-state index in [9.17, 15) is 14.7 Å². The van der Waals surface area contributed by atoms with Crippen molar-refractivity contribution in [1.82, 2.24) is 4.98 Å². The number of carbonyl (C=O) groups excluding carboxylic acids is 2. The van der Waals surface area contributed by atoms with Crippen LogP contribution in [-0.2, 0) is 15.0 Å². The van der Waals surface area contributed by atoms with Crippen molar-refractivity contribution < 1.29 is 14.7 Å². The van der Waals surface area contributed by atoms with Gasteiger partial charge in [-0.1, -0.05) is 39.0 Å². The molecule has 1 amide bonds. The quantitative estimate of drug-likeness (QED) is 0.302. The predicted octanol–water partition coefficient (Wildman–Crippen LogP) is 5.93. The van der Waals surface area contributed by atoms with Crippen molar-refractivity contribution in [3.05, 3.63) is 99.9 Å². The minimum atomic E-state index is -0.761. The molecule has 0 radical (unpaired) electrons. The molecule has 1 fully saturated rings. The number of carbonyl (C=O) groups is 2. The van der Waals surface area contributed by atoms with E-state index >= 15 is 0 Å². The van der Waals surface area contributed by atoms with Gasteiger partial charge in [-0.15, -0.1) is 0 Å². The molecule has 0 saturated carbocycles. The maximum atomic E-state index is 13.4. The number of aliphatic hydroxyl groups is 1. The van der Waals surface area contributed by atoms with E-state index in [1.165, 1.54) is 4.90 Å². The smallest absolute Gasteiger partial charge is 0.300 e. The third-order valence-corrected chi connectivity index (χ3v) is 6.59. The number of pyridine rings is 1. The molecule has 2 aromatic carbocycles. The Morgan fingerprint density at radius 1 is 0.882 bits per heavy atom. The Balaban J connectivity index is 1.98. The van der Waals surface area contributed by atoms with Gasteiger partial charge in [0.1, 0.15) is 5.76 Å². The summed E-state index contributed by atoms with van der Waals surface area (Å²) in [6.07, 6.45) is 3.25. The number of anilines is 1. The van der Waals surface area contributed by atoms with Gasteiger partial charge in [0, 0.05) is 23.6 Å². The van der Waals surface area contributed by atoms with Crippen LogP contribution in [0.2, 0.25) is 0 Å². The van der Waals surface area contributed by atoms with Gasteiger partial charge in [0.2, 0.25) is 0 Å². The van der Waals surface area contributed by atoms with Crippen LogP contribution in [0.4, 0.5) is 5.69 Å². The molecule has 0 aliphatic carbocycles. The maximum absolute atomic E-state index is 13.4. The van der Waals surface area contributed by atoms with E-state index in [1.807, 2.05) is 57.2 Å². The zero-order chi connectivity index (χ0) is 24.8. The van der Waals surface area contributed by atoms with Crippen molar-refractivity contribution in [2.24, 2.45) is 0 Å². The van der Waals surface area contributed by atoms with Gasteiger partial charge < -0.3 is 5.11 Å². The first-order chi connectivity index (χ1) is 16.0. The van der Waals surface area contributed by atoms with Gasteiger partial charge in [-0.3, -0.25) is 19.5 Å². The lowest BCUT2D eigenvalue weighted by atomic mass is 9.84. The third kappa shape index (κ3) is 4.03. The average molecular weight is 455 g/mol. The minimum Gasteiger partial charge on any atom is -0.507 e. The zero-order valence-corrected chi connectivity index (χ0v) is 20.5. The number of nitrogens with zero attached hydrogens (tertiary/aromatic N) is 2. The minimum absolute atomic E-state index is 0.0867. The highest BCUT2D eigenvalue weighted by Crippen LogP contribution is 2.43. The van der Waals surface area contributed by atoms with Crippen LogP contribution < -0.4 is 4.90 Å². The number of rotatable bonds is 3. The summed E-state index contributed by atoms with van der Waals surface area (Å²) in [6.45, 7) is 12.1. The average Bonchev–Trinajstić information content (AvgIpc) is 3.06. The molecule has 174 valence electrons. The molecule has 0 bridgehead atoms. The molecule has 0 spiro atoms. The summed E-state index contributed by atoms with van der Waals surface area (Å²) in [4.78, 5) is 32.3. The highest BCUT2D eigenvalue weighted by Gasteiger charge is 2.47. The van der Waals surface area contributed by atoms with Gasteiger partial charge in [-0.25, -0.2) is 0 Å². The predicted molar refractivity (Wildman–Crippen MR) is 135 cm³/mol. The highest BCUT2D eigenvalue weighted by molar-refractivity contribution is 6.51. The number of amides is 1. The molecular formula is C29H30N2O3. The van der Waals surface area contributed by atoms with Crippen molar-refractivity contribution in [1.29, 1.82) is 0 Å². The topological polar surface area (TPSA) is 70.5 Å². The molecule has 1 saturated heterocycles. The molecule has 4 rings (SSSR count). The molecule has 2 heterocycles. The molecule has 1 unspecified atom stereocenters. The first-order valence-corrected chi connectivity index (χ1v) is 11.4. The second-order valence-corrected chi connectivity index (χ2v) is 10.00. The van der Waals surface area contributed by atoms with Gasteiger partial charge in [0.05, 0.1) is 11.6 Å². The van der Waals surface area contributed by atoms with Crippen molar-refractivity contribution >= 4 is 23.1 Å². The lowest BCUT2D eigenvalue weighted by Gasteiger charge is -2.26. The largest absolute Gasteiger partial charge is 0.507 e. The fourth-order valence-corrected chi connectivity index (χ4v) is 4.32. The van der Waals surface area contributed by atoms with E-state index in [0.717, 1.165) is 22.3 Å². The molecule has 1 N–H and O–H groups in total. The highest BCUT2D eigenvalue weighted by atomic mass is 16.3. The number of Topliss-reactive ketones (excluding diaryl/α,β-unsaturated/α-hetero) is 1. The number of aliphatic hydroxyl groups excluding tert-OH is 1. The second-order valence-electron chi connectivity index (χ2n) is 10.00.